The fourth-order valence-corrected chi connectivity index (χ4v) is 3.72. The number of rotatable bonds is 4. The lowest BCUT2D eigenvalue weighted by Crippen LogP contribution is -2.35. The van der Waals surface area contributed by atoms with Gasteiger partial charge in [-0.25, -0.2) is 4.39 Å². The zero-order valence-corrected chi connectivity index (χ0v) is 16.2. The summed E-state index contributed by atoms with van der Waals surface area (Å²) in [6.07, 6.45) is 0. The Kier molecular flexibility index (Phi) is 4.69. The van der Waals surface area contributed by atoms with Crippen LogP contribution in [0.25, 0.3) is 11.0 Å². The third-order valence-corrected chi connectivity index (χ3v) is 5.15. The van der Waals surface area contributed by atoms with Crippen LogP contribution in [-0.2, 0) is 0 Å². The average molecular weight is 401 g/mol. The van der Waals surface area contributed by atoms with Crippen LogP contribution in [0.4, 0.5) is 4.39 Å². The molecule has 4 rings (SSSR count). The van der Waals surface area contributed by atoms with Crippen molar-refractivity contribution < 1.29 is 13.6 Å². The van der Waals surface area contributed by atoms with Crippen molar-refractivity contribution in [1.29, 1.82) is 0 Å². The van der Waals surface area contributed by atoms with Gasteiger partial charge < -0.3 is 14.2 Å². The molecule has 144 valence electrons. The second-order valence-corrected chi connectivity index (χ2v) is 7.48. The molecule has 1 aromatic heterocycles. The molecule has 0 spiro atoms. The molecule has 0 bridgehead atoms. The summed E-state index contributed by atoms with van der Waals surface area (Å²) < 4.78 is 20.4. The van der Waals surface area contributed by atoms with Crippen LogP contribution < -0.4 is 5.43 Å². The second kappa shape index (κ2) is 7.04. The number of carbonyl (C=O) groups excluding carboxylic acids is 1. The first-order valence-electron chi connectivity index (χ1n) is 8.85. The molecule has 2 heterocycles. The van der Waals surface area contributed by atoms with Crippen molar-refractivity contribution in [3.05, 3.63) is 80.4 Å². The molecule has 0 saturated carbocycles. The van der Waals surface area contributed by atoms with Gasteiger partial charge in [-0.05, 0) is 38.4 Å². The van der Waals surface area contributed by atoms with Gasteiger partial charge in [-0.2, -0.15) is 0 Å². The topological polar surface area (TPSA) is 53.8 Å². The van der Waals surface area contributed by atoms with Gasteiger partial charge in [0, 0.05) is 23.7 Å². The van der Waals surface area contributed by atoms with E-state index >= 15 is 0 Å². The highest BCUT2D eigenvalue weighted by molar-refractivity contribution is 6.31. The summed E-state index contributed by atoms with van der Waals surface area (Å²) in [6.45, 7) is 0.885. The molecule has 0 saturated heterocycles. The van der Waals surface area contributed by atoms with E-state index in [1.54, 1.807) is 30.3 Å². The first-order chi connectivity index (χ1) is 13.4. The van der Waals surface area contributed by atoms with Crippen molar-refractivity contribution in [3.63, 3.8) is 0 Å². The van der Waals surface area contributed by atoms with Crippen LogP contribution >= 0.6 is 11.6 Å². The molecule has 7 heteroatoms. The van der Waals surface area contributed by atoms with E-state index in [0.717, 1.165) is 0 Å². The van der Waals surface area contributed by atoms with Crippen LogP contribution in [0.15, 0.2) is 51.7 Å². The van der Waals surface area contributed by atoms with Gasteiger partial charge in [-0.3, -0.25) is 9.59 Å². The van der Waals surface area contributed by atoms with Crippen molar-refractivity contribution in [2.24, 2.45) is 0 Å². The Hall–Kier alpha value is -2.70. The number of benzene rings is 2. The molecule has 0 aliphatic carbocycles. The zero-order valence-electron chi connectivity index (χ0n) is 15.4. The molecule has 0 radical (unpaired) electrons. The van der Waals surface area contributed by atoms with Gasteiger partial charge in [0.25, 0.3) is 5.91 Å². The van der Waals surface area contributed by atoms with E-state index in [4.69, 9.17) is 16.0 Å². The summed E-state index contributed by atoms with van der Waals surface area (Å²) in [5.41, 5.74) is 0.335. The van der Waals surface area contributed by atoms with Gasteiger partial charge in [0.05, 0.1) is 17.0 Å². The quantitative estimate of drug-likeness (QED) is 0.670. The smallest absolute Gasteiger partial charge is 0.290 e. The van der Waals surface area contributed by atoms with E-state index in [9.17, 15) is 14.0 Å². The van der Waals surface area contributed by atoms with Crippen molar-refractivity contribution in [1.82, 2.24) is 9.80 Å². The molecule has 5 nitrogen and oxygen atoms in total. The third-order valence-electron chi connectivity index (χ3n) is 4.92. The predicted molar refractivity (Wildman–Crippen MR) is 105 cm³/mol. The van der Waals surface area contributed by atoms with Gasteiger partial charge >= 0.3 is 0 Å². The van der Waals surface area contributed by atoms with Crippen molar-refractivity contribution >= 4 is 28.5 Å². The molecular weight excluding hydrogens is 383 g/mol. The van der Waals surface area contributed by atoms with Gasteiger partial charge in [-0.15, -0.1) is 0 Å². The standard InChI is InChI=1S/C21H18ClFN2O3/c1-24(2)9-10-25-18(13-5-3-4-6-15(13)23)17-19(26)14-11-12(22)7-8-16(14)28-20(17)21(25)27/h3-8,11,18H,9-10H2,1-2H3/t18-/m1/s1. The Balaban J connectivity index is 1.97. The minimum atomic E-state index is -0.844. The van der Waals surface area contributed by atoms with Gasteiger partial charge in [-0.1, -0.05) is 29.8 Å². The largest absolute Gasteiger partial charge is 0.450 e. The summed E-state index contributed by atoms with van der Waals surface area (Å²) >= 11 is 6.04. The Morgan fingerprint density at radius 2 is 1.93 bits per heavy atom. The van der Waals surface area contributed by atoms with Gasteiger partial charge in [0.1, 0.15) is 11.4 Å². The molecule has 0 N–H and O–H groups in total. The number of carbonyl (C=O) groups is 1. The van der Waals surface area contributed by atoms with E-state index < -0.39 is 17.8 Å². The van der Waals surface area contributed by atoms with Crippen molar-refractivity contribution in [2.75, 3.05) is 27.2 Å². The lowest BCUT2D eigenvalue weighted by atomic mass is 9.98. The molecule has 0 fully saturated rings. The number of amides is 1. The molecule has 2 aromatic carbocycles. The summed E-state index contributed by atoms with van der Waals surface area (Å²) in [5.74, 6) is -0.931. The highest BCUT2D eigenvalue weighted by Gasteiger charge is 2.43. The molecule has 3 aromatic rings. The van der Waals surface area contributed by atoms with Crippen molar-refractivity contribution in [3.8, 4) is 0 Å². The first kappa shape index (κ1) is 18.7. The zero-order chi connectivity index (χ0) is 20.0. The highest BCUT2D eigenvalue weighted by Crippen LogP contribution is 2.39. The Morgan fingerprint density at radius 3 is 2.64 bits per heavy atom. The normalized spacial score (nSPS) is 16.2. The number of halogens is 2. The number of likely N-dealkylation sites (N-methyl/N-ethyl adjacent to an activating group) is 1. The van der Waals surface area contributed by atoms with Crippen LogP contribution in [0.2, 0.25) is 5.02 Å². The number of nitrogens with zero attached hydrogens (tertiary/aromatic N) is 2. The van der Waals surface area contributed by atoms with Crippen molar-refractivity contribution in [2.45, 2.75) is 6.04 Å². The van der Waals surface area contributed by atoms with Crippen LogP contribution in [0.3, 0.4) is 0 Å². The fourth-order valence-electron chi connectivity index (χ4n) is 3.55. The number of hydrogen-bond donors (Lipinski definition) is 0. The second-order valence-electron chi connectivity index (χ2n) is 7.04. The molecule has 1 aliphatic heterocycles. The van der Waals surface area contributed by atoms with E-state index in [1.807, 2.05) is 19.0 Å². The lowest BCUT2D eigenvalue weighted by Gasteiger charge is -2.26. The summed E-state index contributed by atoms with van der Waals surface area (Å²) in [6, 6.07) is 9.99. The van der Waals surface area contributed by atoms with Gasteiger partial charge in [0.2, 0.25) is 5.76 Å². The Morgan fingerprint density at radius 1 is 1.18 bits per heavy atom. The SMILES string of the molecule is CN(C)CCN1C(=O)c2oc3ccc(Cl)cc3c(=O)c2[C@H]1c1ccccc1F. The molecule has 1 amide bonds. The molecule has 0 unspecified atom stereocenters. The maximum absolute atomic E-state index is 14.6. The van der Waals surface area contributed by atoms with Gasteiger partial charge in [0.15, 0.2) is 5.43 Å². The summed E-state index contributed by atoms with van der Waals surface area (Å²) in [5, 5.41) is 0.658. The Bertz CT molecular complexity index is 1140. The maximum atomic E-state index is 14.6. The monoisotopic (exact) mass is 400 g/mol. The summed E-state index contributed by atoms with van der Waals surface area (Å²) in [4.78, 5) is 29.8. The van der Waals surface area contributed by atoms with Crippen LogP contribution in [0, 0.1) is 5.82 Å². The van der Waals surface area contributed by atoms with Crippen LogP contribution in [0.1, 0.15) is 27.7 Å². The minimum Gasteiger partial charge on any atom is -0.450 e. The maximum Gasteiger partial charge on any atom is 0.290 e. The summed E-state index contributed by atoms with van der Waals surface area (Å²) in [7, 11) is 3.76. The van der Waals surface area contributed by atoms with E-state index in [2.05, 4.69) is 0 Å². The number of hydrogen-bond acceptors (Lipinski definition) is 4. The van der Waals surface area contributed by atoms with E-state index in [-0.39, 0.29) is 33.3 Å². The average Bonchev–Trinajstić information content (AvgIpc) is 2.93. The molecular formula is C21H18ClFN2O3. The fraction of sp³-hybridized carbons (Fsp3) is 0.238. The lowest BCUT2D eigenvalue weighted by molar-refractivity contribution is 0.0714. The van der Waals surface area contributed by atoms with Crippen LogP contribution in [-0.4, -0.2) is 42.9 Å². The van der Waals surface area contributed by atoms with E-state index in [0.29, 0.717) is 18.1 Å². The Labute approximate surface area is 165 Å². The number of fused-ring (bicyclic) bond motifs is 2. The molecule has 1 aliphatic rings. The first-order valence-corrected chi connectivity index (χ1v) is 9.22. The molecule has 1 atom stereocenters. The third kappa shape index (κ3) is 2.99. The molecule has 28 heavy (non-hydrogen) atoms. The minimum absolute atomic E-state index is 0.0353. The highest BCUT2D eigenvalue weighted by atomic mass is 35.5. The predicted octanol–water partition coefficient (Wildman–Crippen LogP) is 3.69. The van der Waals surface area contributed by atoms with Crippen LogP contribution in [0.5, 0.6) is 0 Å². The van der Waals surface area contributed by atoms with E-state index in [1.165, 1.54) is 17.0 Å².